The molecule has 0 bridgehead atoms. The summed E-state index contributed by atoms with van der Waals surface area (Å²) >= 11 is 0. The molecule has 5 nitrogen and oxygen atoms in total. The monoisotopic (exact) mass is 299 g/mol. The number of rotatable bonds is 8. The molecule has 1 heterocycles. The van der Waals surface area contributed by atoms with Crippen LogP contribution >= 0.6 is 0 Å². The predicted molar refractivity (Wildman–Crippen MR) is 83.8 cm³/mol. The zero-order valence-electron chi connectivity index (χ0n) is 12.8. The minimum Gasteiger partial charge on any atom is -0.359 e. The van der Waals surface area contributed by atoms with Crippen molar-refractivity contribution in [2.24, 2.45) is 5.92 Å². The Kier molecular flexibility index (Phi) is 6.42. The normalized spacial score (nSPS) is 11.8. The Bertz CT molecular complexity index is 515. The van der Waals surface area contributed by atoms with Gasteiger partial charge >= 0.3 is 0 Å². The van der Waals surface area contributed by atoms with E-state index in [2.05, 4.69) is 24.1 Å². The van der Waals surface area contributed by atoms with Crippen LogP contribution in [0.5, 0.6) is 0 Å². The van der Waals surface area contributed by atoms with Crippen LogP contribution in [0.1, 0.15) is 19.4 Å². The smallest absolute Gasteiger partial charge is 0.149 e. The first-order valence-electron chi connectivity index (χ1n) is 6.82. The second kappa shape index (κ2) is 7.59. The predicted octanol–water partition coefficient (Wildman–Crippen LogP) is 1.31. The summed E-state index contributed by atoms with van der Waals surface area (Å²) in [6, 6.07) is 3.97. The molecular formula is C14H25N3O2S. The fourth-order valence-electron chi connectivity index (χ4n) is 1.70. The van der Waals surface area contributed by atoms with Crippen molar-refractivity contribution in [3.8, 4) is 0 Å². The third-order valence-electron chi connectivity index (χ3n) is 2.88. The van der Waals surface area contributed by atoms with Gasteiger partial charge in [0.05, 0.1) is 5.75 Å². The molecule has 1 rings (SSSR count). The van der Waals surface area contributed by atoms with Crippen molar-refractivity contribution >= 4 is 15.7 Å². The van der Waals surface area contributed by atoms with Crippen LogP contribution in [0.4, 0.5) is 5.82 Å². The summed E-state index contributed by atoms with van der Waals surface area (Å²) in [5.41, 5.74) is 1.15. The average Bonchev–Trinajstić information content (AvgIpc) is 2.35. The SMILES string of the molecule is CC(C)CNCc1ccnc(N(C)CCS(C)(=O)=O)c1. The van der Waals surface area contributed by atoms with Crippen LogP contribution in [0, 0.1) is 5.92 Å². The van der Waals surface area contributed by atoms with E-state index in [9.17, 15) is 8.42 Å². The number of hydrogen-bond acceptors (Lipinski definition) is 5. The van der Waals surface area contributed by atoms with E-state index in [1.54, 1.807) is 6.20 Å². The molecule has 0 spiro atoms. The highest BCUT2D eigenvalue weighted by Gasteiger charge is 2.08. The molecule has 0 aliphatic rings. The van der Waals surface area contributed by atoms with Crippen molar-refractivity contribution in [2.75, 3.05) is 37.0 Å². The van der Waals surface area contributed by atoms with Gasteiger partial charge in [-0.3, -0.25) is 0 Å². The fraction of sp³-hybridized carbons (Fsp3) is 0.643. The van der Waals surface area contributed by atoms with E-state index in [-0.39, 0.29) is 5.75 Å². The second-order valence-corrected chi connectivity index (χ2v) is 7.86. The van der Waals surface area contributed by atoms with Crippen molar-refractivity contribution in [1.82, 2.24) is 10.3 Å². The van der Waals surface area contributed by atoms with Crippen molar-refractivity contribution in [1.29, 1.82) is 0 Å². The maximum atomic E-state index is 11.2. The fourth-order valence-corrected chi connectivity index (χ4v) is 2.31. The Labute approximate surface area is 122 Å². The molecule has 0 saturated carbocycles. The number of nitrogens with zero attached hydrogens (tertiary/aromatic N) is 2. The molecule has 0 atom stereocenters. The van der Waals surface area contributed by atoms with Crippen LogP contribution < -0.4 is 10.2 Å². The summed E-state index contributed by atoms with van der Waals surface area (Å²) in [7, 11) is -1.08. The van der Waals surface area contributed by atoms with Crippen LogP contribution in [0.25, 0.3) is 0 Å². The number of sulfone groups is 1. The second-order valence-electron chi connectivity index (χ2n) is 5.60. The van der Waals surface area contributed by atoms with Crippen molar-refractivity contribution < 1.29 is 8.42 Å². The lowest BCUT2D eigenvalue weighted by molar-refractivity contribution is 0.552. The molecule has 0 saturated heterocycles. The van der Waals surface area contributed by atoms with Gasteiger partial charge in [-0.2, -0.15) is 0 Å². The van der Waals surface area contributed by atoms with Gasteiger partial charge in [-0.25, -0.2) is 13.4 Å². The Morgan fingerprint density at radius 3 is 2.70 bits per heavy atom. The quantitative estimate of drug-likeness (QED) is 0.784. The van der Waals surface area contributed by atoms with Crippen LogP contribution in [-0.2, 0) is 16.4 Å². The zero-order valence-corrected chi connectivity index (χ0v) is 13.6. The van der Waals surface area contributed by atoms with E-state index in [0.717, 1.165) is 24.5 Å². The number of nitrogens with one attached hydrogen (secondary N) is 1. The largest absolute Gasteiger partial charge is 0.359 e. The van der Waals surface area contributed by atoms with Gasteiger partial charge in [0.1, 0.15) is 15.7 Å². The lowest BCUT2D eigenvalue weighted by Gasteiger charge is -2.18. The first kappa shape index (κ1) is 16.9. The lowest BCUT2D eigenvalue weighted by atomic mass is 10.2. The highest BCUT2D eigenvalue weighted by molar-refractivity contribution is 7.90. The molecule has 0 fully saturated rings. The van der Waals surface area contributed by atoms with Crippen LogP contribution in [0.3, 0.4) is 0 Å². The molecule has 1 aromatic heterocycles. The third kappa shape index (κ3) is 6.86. The first-order valence-corrected chi connectivity index (χ1v) is 8.88. The Morgan fingerprint density at radius 1 is 1.40 bits per heavy atom. The molecule has 1 N–H and O–H groups in total. The first-order chi connectivity index (χ1) is 9.28. The van der Waals surface area contributed by atoms with Crippen molar-refractivity contribution in [2.45, 2.75) is 20.4 Å². The minimum atomic E-state index is -2.94. The number of hydrogen-bond donors (Lipinski definition) is 1. The summed E-state index contributed by atoms with van der Waals surface area (Å²) in [6.45, 7) is 6.57. The molecule has 0 aromatic carbocycles. The summed E-state index contributed by atoms with van der Waals surface area (Å²) in [4.78, 5) is 6.15. The number of pyridine rings is 1. The van der Waals surface area contributed by atoms with Gasteiger partial charge in [0.25, 0.3) is 0 Å². The van der Waals surface area contributed by atoms with Gasteiger partial charge < -0.3 is 10.2 Å². The van der Waals surface area contributed by atoms with Gasteiger partial charge in [-0.15, -0.1) is 0 Å². The van der Waals surface area contributed by atoms with Gasteiger partial charge in [-0.05, 0) is 30.2 Å². The van der Waals surface area contributed by atoms with E-state index in [4.69, 9.17) is 0 Å². The maximum absolute atomic E-state index is 11.2. The van der Waals surface area contributed by atoms with Crippen LogP contribution in [0.15, 0.2) is 18.3 Å². The van der Waals surface area contributed by atoms with Crippen molar-refractivity contribution in [3.63, 3.8) is 0 Å². The van der Waals surface area contributed by atoms with Crippen LogP contribution in [0.2, 0.25) is 0 Å². The van der Waals surface area contributed by atoms with Gasteiger partial charge in [0.15, 0.2) is 0 Å². The number of anilines is 1. The van der Waals surface area contributed by atoms with Crippen LogP contribution in [-0.4, -0.2) is 45.5 Å². The zero-order chi connectivity index (χ0) is 15.2. The molecule has 114 valence electrons. The molecule has 0 aliphatic carbocycles. The van der Waals surface area contributed by atoms with Gasteiger partial charge in [0, 0.05) is 32.6 Å². The summed E-state index contributed by atoms with van der Waals surface area (Å²) in [6.07, 6.45) is 3.01. The molecule has 1 aromatic rings. The minimum absolute atomic E-state index is 0.140. The average molecular weight is 299 g/mol. The summed E-state index contributed by atoms with van der Waals surface area (Å²) in [5, 5.41) is 3.38. The highest BCUT2D eigenvalue weighted by Crippen LogP contribution is 2.11. The molecule has 0 radical (unpaired) electrons. The molecule has 0 aliphatic heterocycles. The Morgan fingerprint density at radius 2 is 2.10 bits per heavy atom. The van der Waals surface area contributed by atoms with E-state index >= 15 is 0 Å². The van der Waals surface area contributed by atoms with E-state index in [1.807, 2.05) is 24.1 Å². The van der Waals surface area contributed by atoms with Gasteiger partial charge in [0.2, 0.25) is 0 Å². The third-order valence-corrected chi connectivity index (χ3v) is 3.80. The Hall–Kier alpha value is -1.14. The standard InChI is InChI=1S/C14H25N3O2S/c1-12(2)10-15-11-13-5-6-16-14(9-13)17(3)7-8-20(4,18)19/h5-6,9,12,15H,7-8,10-11H2,1-4H3. The molecule has 0 unspecified atom stereocenters. The highest BCUT2D eigenvalue weighted by atomic mass is 32.2. The Balaban J connectivity index is 2.58. The van der Waals surface area contributed by atoms with Gasteiger partial charge in [-0.1, -0.05) is 13.8 Å². The van der Waals surface area contributed by atoms with E-state index in [1.165, 1.54) is 6.26 Å². The van der Waals surface area contributed by atoms with E-state index < -0.39 is 9.84 Å². The van der Waals surface area contributed by atoms with Crippen molar-refractivity contribution in [3.05, 3.63) is 23.9 Å². The lowest BCUT2D eigenvalue weighted by Crippen LogP contribution is -2.26. The summed E-state index contributed by atoms with van der Waals surface area (Å²) in [5.74, 6) is 1.56. The number of aromatic nitrogens is 1. The summed E-state index contributed by atoms with van der Waals surface area (Å²) < 4.78 is 22.4. The molecule has 20 heavy (non-hydrogen) atoms. The van der Waals surface area contributed by atoms with E-state index in [0.29, 0.717) is 12.5 Å². The molecule has 0 amide bonds. The maximum Gasteiger partial charge on any atom is 0.149 e. The molecule has 6 heteroatoms. The molecular weight excluding hydrogens is 274 g/mol. The topological polar surface area (TPSA) is 62.3 Å².